The zero-order valence-electron chi connectivity index (χ0n) is 12.0. The maximum atomic E-state index is 8.77. The van der Waals surface area contributed by atoms with Gasteiger partial charge < -0.3 is 4.43 Å². The summed E-state index contributed by atoms with van der Waals surface area (Å²) in [4.78, 5) is 8.51. The molecule has 0 atom stereocenters. The van der Waals surface area contributed by atoms with Crippen molar-refractivity contribution in [1.82, 2.24) is 0 Å². The molecule has 0 aliphatic heterocycles. The first-order valence-corrected chi connectivity index (χ1v) is 9.40. The Morgan fingerprint density at radius 3 is 1.83 bits per heavy atom. The highest BCUT2D eigenvalue weighted by atomic mass is 28.4. The molecule has 1 fully saturated rings. The minimum absolute atomic E-state index is 0.157. The van der Waals surface area contributed by atoms with Crippen LogP contribution in [0, 0.1) is 0 Å². The zero-order valence-corrected chi connectivity index (χ0v) is 13.0. The topological polar surface area (TPSA) is 68.2 Å². The molecule has 5 nitrogen and oxygen atoms in total. The fourth-order valence-electron chi connectivity index (χ4n) is 1.94. The van der Waals surface area contributed by atoms with Crippen LogP contribution < -0.4 is 0 Å². The molecular weight excluding hydrogens is 252 g/mol. The number of hydrogen-bond donors (Lipinski definition) is 2. The summed E-state index contributed by atoms with van der Waals surface area (Å²) in [6, 6.07) is 0. The Balaban J connectivity index is 2.55. The van der Waals surface area contributed by atoms with Gasteiger partial charge in [0.2, 0.25) is 5.79 Å². The third-order valence-electron chi connectivity index (χ3n) is 4.29. The van der Waals surface area contributed by atoms with E-state index in [0.29, 0.717) is 25.7 Å². The molecule has 18 heavy (non-hydrogen) atoms. The lowest BCUT2D eigenvalue weighted by atomic mass is 9.92. The fraction of sp³-hybridized carbons (Fsp3) is 1.00. The van der Waals surface area contributed by atoms with Crippen molar-refractivity contribution >= 4 is 8.32 Å². The first-order valence-electron chi connectivity index (χ1n) is 6.49. The molecule has 6 heteroatoms. The van der Waals surface area contributed by atoms with Crippen LogP contribution in [0.2, 0.25) is 18.1 Å². The Morgan fingerprint density at radius 2 is 1.50 bits per heavy atom. The van der Waals surface area contributed by atoms with Crippen molar-refractivity contribution < 1.29 is 24.7 Å². The first kappa shape index (κ1) is 16.1. The Kier molecular flexibility index (Phi) is 4.97. The van der Waals surface area contributed by atoms with Gasteiger partial charge in [0.1, 0.15) is 0 Å². The van der Waals surface area contributed by atoms with E-state index in [1.165, 1.54) is 0 Å². The maximum Gasteiger partial charge on any atom is 0.233 e. The normalized spacial score (nSPS) is 22.2. The van der Waals surface area contributed by atoms with Gasteiger partial charge in [0.25, 0.3) is 0 Å². The number of hydrogen-bond acceptors (Lipinski definition) is 5. The molecule has 0 amide bonds. The van der Waals surface area contributed by atoms with E-state index in [-0.39, 0.29) is 11.1 Å². The summed E-state index contributed by atoms with van der Waals surface area (Å²) in [5, 5.41) is 17.7. The van der Waals surface area contributed by atoms with Crippen LogP contribution in [-0.4, -0.2) is 30.7 Å². The van der Waals surface area contributed by atoms with Crippen LogP contribution in [0.4, 0.5) is 0 Å². The van der Waals surface area contributed by atoms with Gasteiger partial charge in [-0.05, 0) is 31.0 Å². The van der Waals surface area contributed by atoms with E-state index in [0.717, 1.165) is 0 Å². The van der Waals surface area contributed by atoms with Gasteiger partial charge in [0, 0.05) is 18.9 Å². The summed E-state index contributed by atoms with van der Waals surface area (Å²) in [6.07, 6.45) is 2.45. The van der Waals surface area contributed by atoms with Gasteiger partial charge in [-0.3, -0.25) is 0 Å². The largest absolute Gasteiger partial charge is 0.414 e. The van der Waals surface area contributed by atoms with Crippen LogP contribution in [0.3, 0.4) is 0 Å². The van der Waals surface area contributed by atoms with E-state index in [9.17, 15) is 0 Å². The standard InChI is InChI=1S/C12H26O5Si/c1-11(2,3)18(4,5)15-10-6-8-12(16-13,17-14)9-7-10/h10,13-14H,6-9H2,1-5H3. The molecule has 0 bridgehead atoms. The van der Waals surface area contributed by atoms with E-state index in [1.807, 2.05) is 0 Å². The van der Waals surface area contributed by atoms with Crippen LogP contribution >= 0.6 is 0 Å². The van der Waals surface area contributed by atoms with Crippen LogP contribution in [0.25, 0.3) is 0 Å². The average molecular weight is 278 g/mol. The summed E-state index contributed by atoms with van der Waals surface area (Å²) in [6.45, 7) is 11.1. The van der Waals surface area contributed by atoms with Crippen molar-refractivity contribution in [2.24, 2.45) is 0 Å². The Morgan fingerprint density at radius 1 is 1.06 bits per heavy atom. The Bertz CT molecular complexity index is 260. The molecule has 2 N–H and O–H groups in total. The second-order valence-electron chi connectivity index (χ2n) is 6.67. The lowest BCUT2D eigenvalue weighted by molar-refractivity contribution is -0.493. The molecule has 0 aromatic carbocycles. The summed E-state index contributed by atoms with van der Waals surface area (Å²) in [5.41, 5.74) is 0. The smallest absolute Gasteiger partial charge is 0.233 e. The van der Waals surface area contributed by atoms with Crippen LogP contribution in [0.5, 0.6) is 0 Å². The van der Waals surface area contributed by atoms with Crippen LogP contribution in [0.1, 0.15) is 46.5 Å². The molecule has 1 aliphatic carbocycles. The summed E-state index contributed by atoms with van der Waals surface area (Å²) in [5.74, 6) is -1.26. The van der Waals surface area contributed by atoms with Gasteiger partial charge in [-0.25, -0.2) is 20.3 Å². The van der Waals surface area contributed by atoms with Gasteiger partial charge in [0.05, 0.1) is 0 Å². The van der Waals surface area contributed by atoms with Crippen molar-refractivity contribution in [3.05, 3.63) is 0 Å². The van der Waals surface area contributed by atoms with Crippen molar-refractivity contribution in [2.45, 2.75) is 76.5 Å². The second-order valence-corrected chi connectivity index (χ2v) is 11.4. The first-order chi connectivity index (χ1) is 8.16. The fourth-order valence-corrected chi connectivity index (χ4v) is 3.36. The molecule has 1 saturated carbocycles. The van der Waals surface area contributed by atoms with Crippen molar-refractivity contribution in [3.63, 3.8) is 0 Å². The zero-order chi connectivity index (χ0) is 14.0. The van der Waals surface area contributed by atoms with Crippen LogP contribution in [0.15, 0.2) is 0 Å². The van der Waals surface area contributed by atoms with Gasteiger partial charge in [-0.2, -0.15) is 0 Å². The SMILES string of the molecule is CC(C)(C)[Si](C)(C)OC1CCC(OO)(OO)CC1. The van der Waals surface area contributed by atoms with E-state index in [1.54, 1.807) is 0 Å². The average Bonchev–Trinajstić information content (AvgIpc) is 2.29. The summed E-state index contributed by atoms with van der Waals surface area (Å²) in [7, 11) is -1.77. The van der Waals surface area contributed by atoms with Crippen molar-refractivity contribution in [2.75, 3.05) is 0 Å². The Hall–Kier alpha value is 0.0169. The van der Waals surface area contributed by atoms with Gasteiger partial charge in [-0.1, -0.05) is 20.8 Å². The van der Waals surface area contributed by atoms with Gasteiger partial charge in [-0.15, -0.1) is 0 Å². The molecule has 0 spiro atoms. The molecule has 0 aromatic heterocycles. The van der Waals surface area contributed by atoms with E-state index >= 15 is 0 Å². The predicted molar refractivity (Wildman–Crippen MR) is 70.7 cm³/mol. The van der Waals surface area contributed by atoms with E-state index < -0.39 is 14.1 Å². The molecule has 0 aromatic rings. The highest BCUT2D eigenvalue weighted by Crippen LogP contribution is 2.40. The Labute approximate surface area is 110 Å². The lowest BCUT2D eigenvalue weighted by Gasteiger charge is -2.42. The minimum Gasteiger partial charge on any atom is -0.414 e. The molecule has 0 saturated heterocycles. The maximum absolute atomic E-state index is 8.77. The molecule has 0 heterocycles. The number of rotatable bonds is 4. The summed E-state index contributed by atoms with van der Waals surface area (Å²) >= 11 is 0. The molecule has 1 rings (SSSR count). The molecular formula is C12H26O5Si. The van der Waals surface area contributed by atoms with Crippen molar-refractivity contribution in [1.29, 1.82) is 0 Å². The van der Waals surface area contributed by atoms with E-state index in [4.69, 9.17) is 14.9 Å². The lowest BCUT2D eigenvalue weighted by Crippen LogP contribution is -2.47. The van der Waals surface area contributed by atoms with E-state index in [2.05, 4.69) is 43.6 Å². The highest BCUT2D eigenvalue weighted by molar-refractivity contribution is 6.74. The second kappa shape index (κ2) is 5.56. The van der Waals surface area contributed by atoms with Gasteiger partial charge in [0.15, 0.2) is 8.32 Å². The highest BCUT2D eigenvalue weighted by Gasteiger charge is 2.43. The third kappa shape index (κ3) is 3.52. The molecule has 1 aliphatic rings. The van der Waals surface area contributed by atoms with Crippen molar-refractivity contribution in [3.8, 4) is 0 Å². The molecule has 0 unspecified atom stereocenters. The van der Waals surface area contributed by atoms with Crippen LogP contribution in [-0.2, 0) is 14.2 Å². The molecule has 108 valence electrons. The summed E-state index contributed by atoms with van der Waals surface area (Å²) < 4.78 is 6.29. The predicted octanol–water partition coefficient (Wildman–Crippen LogP) is 3.63. The minimum atomic E-state index is -1.77. The van der Waals surface area contributed by atoms with Gasteiger partial charge >= 0.3 is 0 Å². The quantitative estimate of drug-likeness (QED) is 0.356. The third-order valence-corrected chi connectivity index (χ3v) is 8.83. The monoisotopic (exact) mass is 278 g/mol. The molecule has 0 radical (unpaired) electrons.